The van der Waals surface area contributed by atoms with Crippen LogP contribution in [0.5, 0.6) is 0 Å². The molecular weight excluding hydrogens is 266 g/mol. The molecule has 4 nitrogen and oxygen atoms in total. The molecule has 1 amide bonds. The van der Waals surface area contributed by atoms with E-state index >= 15 is 0 Å². The average Bonchev–Trinajstić information content (AvgIpc) is 2.31. The lowest BCUT2D eigenvalue weighted by atomic mass is 9.40. The molecule has 0 saturated heterocycles. The van der Waals surface area contributed by atoms with Crippen molar-refractivity contribution in [3.05, 3.63) is 0 Å². The molecule has 21 heavy (non-hydrogen) atoms. The summed E-state index contributed by atoms with van der Waals surface area (Å²) in [7, 11) is 0. The molecule has 4 aliphatic carbocycles. The van der Waals surface area contributed by atoms with Gasteiger partial charge in [-0.1, -0.05) is 13.8 Å². The average molecular weight is 293 g/mol. The van der Waals surface area contributed by atoms with Gasteiger partial charge < -0.3 is 10.1 Å². The van der Waals surface area contributed by atoms with Crippen molar-refractivity contribution in [1.82, 2.24) is 5.32 Å². The first-order valence-electron chi connectivity index (χ1n) is 8.22. The smallest absolute Gasteiger partial charge is 0.325 e. The number of amides is 1. The van der Waals surface area contributed by atoms with Gasteiger partial charge in [-0.2, -0.15) is 0 Å². The Morgan fingerprint density at radius 3 is 2.24 bits per heavy atom. The van der Waals surface area contributed by atoms with Crippen LogP contribution >= 0.6 is 0 Å². The van der Waals surface area contributed by atoms with Crippen LogP contribution in [0.3, 0.4) is 0 Å². The molecule has 4 saturated carbocycles. The Morgan fingerprint density at radius 2 is 1.71 bits per heavy atom. The highest BCUT2D eigenvalue weighted by Crippen LogP contribution is 2.69. The van der Waals surface area contributed by atoms with Crippen LogP contribution in [0.4, 0.5) is 0 Å². The molecule has 2 atom stereocenters. The number of esters is 1. The fraction of sp³-hybridized carbons (Fsp3) is 0.882. The van der Waals surface area contributed by atoms with E-state index in [1.807, 2.05) is 0 Å². The number of ether oxygens (including phenoxy) is 1. The fourth-order valence-corrected chi connectivity index (χ4v) is 6.25. The first kappa shape index (κ1) is 14.9. The standard InChI is InChI=1S/C17H27NO3/c1-4-21-13(19)8-18-14(20)17-7-12-5-15(2,10-17)9-16(3,6-12)11-17/h12H,4-11H2,1-3H3,(H,18,20). The molecule has 4 bridgehead atoms. The monoisotopic (exact) mass is 293 g/mol. The second-order valence-electron chi connectivity index (χ2n) is 8.40. The van der Waals surface area contributed by atoms with Gasteiger partial charge in [0.1, 0.15) is 6.54 Å². The quantitative estimate of drug-likeness (QED) is 0.811. The van der Waals surface area contributed by atoms with E-state index in [9.17, 15) is 9.59 Å². The van der Waals surface area contributed by atoms with Gasteiger partial charge in [-0.05, 0) is 62.2 Å². The Balaban J connectivity index is 1.72. The Labute approximate surface area is 127 Å². The molecule has 4 fully saturated rings. The summed E-state index contributed by atoms with van der Waals surface area (Å²) in [6.07, 6.45) is 6.78. The van der Waals surface area contributed by atoms with E-state index in [1.54, 1.807) is 6.92 Å². The van der Waals surface area contributed by atoms with Crippen molar-refractivity contribution in [2.75, 3.05) is 13.2 Å². The van der Waals surface area contributed by atoms with Crippen LogP contribution in [-0.2, 0) is 14.3 Å². The summed E-state index contributed by atoms with van der Waals surface area (Å²) in [5, 5.41) is 2.85. The van der Waals surface area contributed by atoms with Gasteiger partial charge in [-0.25, -0.2) is 0 Å². The van der Waals surface area contributed by atoms with Gasteiger partial charge in [0.2, 0.25) is 5.91 Å². The predicted octanol–water partition coefficient (Wildman–Crippen LogP) is 2.66. The lowest BCUT2D eigenvalue weighted by Gasteiger charge is -2.64. The topological polar surface area (TPSA) is 55.4 Å². The predicted molar refractivity (Wildman–Crippen MR) is 79.5 cm³/mol. The maximum absolute atomic E-state index is 12.8. The summed E-state index contributed by atoms with van der Waals surface area (Å²) < 4.78 is 4.90. The first-order chi connectivity index (χ1) is 9.78. The highest BCUT2D eigenvalue weighted by atomic mass is 16.5. The summed E-state index contributed by atoms with van der Waals surface area (Å²) >= 11 is 0. The Bertz CT molecular complexity index is 455. The lowest BCUT2D eigenvalue weighted by Crippen LogP contribution is -2.60. The zero-order valence-corrected chi connectivity index (χ0v) is 13.5. The fourth-order valence-electron chi connectivity index (χ4n) is 6.25. The van der Waals surface area contributed by atoms with Gasteiger partial charge >= 0.3 is 5.97 Å². The first-order valence-corrected chi connectivity index (χ1v) is 8.22. The van der Waals surface area contributed by atoms with Crippen molar-refractivity contribution in [2.24, 2.45) is 22.2 Å². The van der Waals surface area contributed by atoms with Crippen molar-refractivity contribution >= 4 is 11.9 Å². The largest absolute Gasteiger partial charge is 0.465 e. The maximum Gasteiger partial charge on any atom is 0.325 e. The number of nitrogens with one attached hydrogen (secondary N) is 1. The van der Waals surface area contributed by atoms with Crippen LogP contribution in [0, 0.1) is 22.2 Å². The van der Waals surface area contributed by atoms with E-state index in [-0.39, 0.29) is 23.8 Å². The summed E-state index contributed by atoms with van der Waals surface area (Å²) in [5.41, 5.74) is 0.389. The molecule has 0 aromatic rings. The van der Waals surface area contributed by atoms with Gasteiger partial charge in [-0.15, -0.1) is 0 Å². The van der Waals surface area contributed by atoms with Crippen molar-refractivity contribution in [1.29, 1.82) is 0 Å². The molecule has 0 aliphatic heterocycles. The molecule has 118 valence electrons. The minimum Gasteiger partial charge on any atom is -0.465 e. The van der Waals surface area contributed by atoms with Gasteiger partial charge in [0.15, 0.2) is 0 Å². The van der Waals surface area contributed by atoms with Gasteiger partial charge in [-0.3, -0.25) is 9.59 Å². The van der Waals surface area contributed by atoms with Crippen molar-refractivity contribution < 1.29 is 14.3 Å². The van der Waals surface area contributed by atoms with Gasteiger partial charge in [0.05, 0.1) is 12.0 Å². The normalized spacial score (nSPS) is 43.7. The maximum atomic E-state index is 12.8. The molecule has 0 aromatic carbocycles. The summed E-state index contributed by atoms with van der Waals surface area (Å²) in [6, 6.07) is 0. The third-order valence-corrected chi connectivity index (χ3v) is 5.81. The highest BCUT2D eigenvalue weighted by Gasteiger charge is 2.62. The van der Waals surface area contributed by atoms with Crippen molar-refractivity contribution in [3.8, 4) is 0 Å². The molecule has 4 rings (SSSR count). The van der Waals surface area contributed by atoms with Crippen molar-refractivity contribution in [3.63, 3.8) is 0 Å². The minimum atomic E-state index is -0.340. The molecule has 0 aromatic heterocycles. The number of carbonyl (C=O) groups excluding carboxylic acids is 2. The zero-order valence-electron chi connectivity index (χ0n) is 13.5. The molecular formula is C17H27NO3. The summed E-state index contributed by atoms with van der Waals surface area (Å²) in [4.78, 5) is 24.2. The van der Waals surface area contributed by atoms with Crippen LogP contribution < -0.4 is 5.32 Å². The Hall–Kier alpha value is -1.06. The third kappa shape index (κ3) is 2.58. The van der Waals surface area contributed by atoms with Crippen LogP contribution in [0.2, 0.25) is 0 Å². The van der Waals surface area contributed by atoms with Crippen LogP contribution in [0.1, 0.15) is 59.3 Å². The molecule has 0 radical (unpaired) electrons. The van der Waals surface area contributed by atoms with E-state index < -0.39 is 0 Å². The van der Waals surface area contributed by atoms with E-state index in [2.05, 4.69) is 19.2 Å². The molecule has 2 unspecified atom stereocenters. The molecule has 4 aliphatic rings. The number of hydrogen-bond acceptors (Lipinski definition) is 3. The Kier molecular flexibility index (Phi) is 3.34. The molecule has 1 N–H and O–H groups in total. The van der Waals surface area contributed by atoms with E-state index in [0.29, 0.717) is 23.4 Å². The third-order valence-electron chi connectivity index (χ3n) is 5.81. The second kappa shape index (κ2) is 4.72. The number of hydrogen-bond donors (Lipinski definition) is 1. The summed E-state index contributed by atoms with van der Waals surface area (Å²) in [5.74, 6) is 0.426. The minimum absolute atomic E-state index is 0.00647. The van der Waals surface area contributed by atoms with E-state index in [4.69, 9.17) is 4.74 Å². The van der Waals surface area contributed by atoms with Gasteiger partial charge in [0.25, 0.3) is 0 Å². The van der Waals surface area contributed by atoms with E-state index in [0.717, 1.165) is 19.3 Å². The van der Waals surface area contributed by atoms with Crippen LogP contribution in [-0.4, -0.2) is 25.0 Å². The molecule has 4 heteroatoms. The Morgan fingerprint density at radius 1 is 1.10 bits per heavy atom. The molecule has 0 heterocycles. The zero-order chi connectivity index (χ0) is 15.3. The SMILES string of the molecule is CCOC(=O)CNC(=O)C12CC3CC(C)(CC(C)(C3)C1)C2. The van der Waals surface area contributed by atoms with Gasteiger partial charge in [0, 0.05) is 0 Å². The van der Waals surface area contributed by atoms with Crippen LogP contribution in [0.25, 0.3) is 0 Å². The second-order valence-corrected chi connectivity index (χ2v) is 8.40. The summed E-state index contributed by atoms with van der Waals surface area (Å²) in [6.45, 7) is 6.84. The van der Waals surface area contributed by atoms with Crippen LogP contribution in [0.15, 0.2) is 0 Å². The molecule has 0 spiro atoms. The number of rotatable bonds is 4. The van der Waals surface area contributed by atoms with E-state index in [1.165, 1.54) is 19.3 Å². The lowest BCUT2D eigenvalue weighted by molar-refractivity contribution is -0.171. The van der Waals surface area contributed by atoms with Crippen molar-refractivity contribution in [2.45, 2.75) is 59.3 Å². The number of carbonyl (C=O) groups is 2. The highest BCUT2D eigenvalue weighted by molar-refractivity contribution is 5.86.